The number of rotatable bonds is 2. The molecule has 0 unspecified atom stereocenters. The zero-order valence-corrected chi connectivity index (χ0v) is 8.41. The van der Waals surface area contributed by atoms with Crippen LogP contribution in [0.4, 0.5) is 0 Å². The monoisotopic (exact) mass is 190 g/mol. The fourth-order valence-electron chi connectivity index (χ4n) is 0. The lowest BCUT2D eigenvalue weighted by molar-refractivity contribution is -0.134. The van der Waals surface area contributed by atoms with Crippen molar-refractivity contribution in [2.75, 3.05) is 0 Å². The van der Waals surface area contributed by atoms with Crippen molar-refractivity contribution < 1.29 is 19.8 Å². The van der Waals surface area contributed by atoms with Crippen LogP contribution in [0.5, 0.6) is 0 Å². The summed E-state index contributed by atoms with van der Waals surface area (Å²) in [5.41, 5.74) is 0. The lowest BCUT2D eigenvalue weighted by atomic mass is 10.4. The van der Waals surface area contributed by atoms with Crippen LogP contribution in [0, 0.1) is 0 Å². The lowest BCUT2D eigenvalue weighted by Gasteiger charge is -1.68. The maximum absolute atomic E-state index is 9.25. The van der Waals surface area contributed by atoms with Crippen LogP contribution in [0.3, 0.4) is 0 Å². The van der Waals surface area contributed by atoms with Gasteiger partial charge in [0.2, 0.25) is 0 Å². The molecule has 0 saturated heterocycles. The van der Waals surface area contributed by atoms with E-state index in [1.54, 1.807) is 0 Å². The Balaban J connectivity index is -0.000000117. The van der Waals surface area contributed by atoms with Gasteiger partial charge in [-0.3, -0.25) is 4.79 Å². The van der Waals surface area contributed by atoms with E-state index >= 15 is 0 Å². The number of carboxylic acids is 2. The van der Waals surface area contributed by atoms with Crippen LogP contribution in [0.1, 0.15) is 33.6 Å². The number of aliphatic carboxylic acids is 2. The second kappa shape index (κ2) is 17.0. The Bertz CT molecular complexity index is 135. The molecule has 0 bridgehead atoms. The van der Waals surface area contributed by atoms with E-state index in [0.29, 0.717) is 0 Å². The Morgan fingerprint density at radius 1 is 1.23 bits per heavy atom. The third-order valence-electron chi connectivity index (χ3n) is 0.675. The number of unbranched alkanes of at least 4 members (excludes halogenated alkanes) is 1. The zero-order chi connectivity index (χ0) is 11.3. The Kier molecular flexibility index (Phi) is 23.1. The molecule has 78 valence electrons. The van der Waals surface area contributed by atoms with Crippen molar-refractivity contribution in [3.63, 3.8) is 0 Å². The van der Waals surface area contributed by atoms with Gasteiger partial charge in [0.25, 0.3) is 5.97 Å². The smallest absolute Gasteiger partial charge is 0.327 e. The predicted octanol–water partition coefficient (Wildman–Crippen LogP) is 2.15. The third-order valence-corrected chi connectivity index (χ3v) is 0.675. The Hall–Kier alpha value is -1.32. The molecule has 0 fully saturated rings. The van der Waals surface area contributed by atoms with E-state index in [-0.39, 0.29) is 0 Å². The fraction of sp³-hybridized carbons (Fsp3) is 0.556. The van der Waals surface area contributed by atoms with Gasteiger partial charge < -0.3 is 10.2 Å². The fourth-order valence-corrected chi connectivity index (χ4v) is 0. The average Bonchev–Trinajstić information content (AvgIpc) is 2.04. The van der Waals surface area contributed by atoms with Gasteiger partial charge in [-0.25, -0.2) is 4.79 Å². The summed E-state index contributed by atoms with van der Waals surface area (Å²) in [4.78, 5) is 18.2. The predicted molar refractivity (Wildman–Crippen MR) is 51.7 cm³/mol. The molecule has 0 radical (unpaired) electrons. The van der Waals surface area contributed by atoms with Gasteiger partial charge in [-0.15, -0.1) is 0 Å². The molecule has 0 heterocycles. The number of carboxylic acid groups (broad SMARTS) is 2. The van der Waals surface area contributed by atoms with Crippen LogP contribution in [0.25, 0.3) is 0 Å². The Morgan fingerprint density at radius 2 is 1.38 bits per heavy atom. The van der Waals surface area contributed by atoms with Crippen molar-refractivity contribution in [2.45, 2.75) is 33.6 Å². The summed E-state index contributed by atoms with van der Waals surface area (Å²) in [5.74, 6) is -1.81. The van der Waals surface area contributed by atoms with Crippen molar-refractivity contribution in [3.8, 4) is 0 Å². The molecule has 0 amide bonds. The van der Waals surface area contributed by atoms with Crippen molar-refractivity contribution >= 4 is 11.9 Å². The lowest BCUT2D eigenvalue weighted by Crippen LogP contribution is -1.82. The molecule has 2 N–H and O–H groups in total. The summed E-state index contributed by atoms with van der Waals surface area (Å²) in [6.07, 6.45) is 3.47. The molecule has 4 heteroatoms. The average molecular weight is 190 g/mol. The number of hydrogen-bond acceptors (Lipinski definition) is 2. The highest BCUT2D eigenvalue weighted by atomic mass is 16.4. The standard InChI is InChI=1S/C4H10.C3H4O2.C2H4O2/c1-3-4-2;1-2-3(4)5;1-2(3)4/h3-4H2,1-2H3;2H,1H2,(H,4,5);1H3,(H,3,4). The Labute approximate surface area is 78.9 Å². The van der Waals surface area contributed by atoms with Crippen LogP contribution in [0.15, 0.2) is 12.7 Å². The molecule has 0 aliphatic carbocycles. The van der Waals surface area contributed by atoms with E-state index in [2.05, 4.69) is 20.4 Å². The van der Waals surface area contributed by atoms with Crippen molar-refractivity contribution in [3.05, 3.63) is 12.7 Å². The number of carbonyl (C=O) groups is 2. The van der Waals surface area contributed by atoms with E-state index in [9.17, 15) is 4.79 Å². The maximum Gasteiger partial charge on any atom is 0.327 e. The minimum Gasteiger partial charge on any atom is -0.481 e. The first-order chi connectivity index (χ1) is 5.92. The van der Waals surface area contributed by atoms with Gasteiger partial charge in [0, 0.05) is 13.0 Å². The summed E-state index contributed by atoms with van der Waals surface area (Å²) < 4.78 is 0. The molecule has 13 heavy (non-hydrogen) atoms. The largest absolute Gasteiger partial charge is 0.481 e. The third kappa shape index (κ3) is 285. The van der Waals surface area contributed by atoms with Crippen LogP contribution in [-0.2, 0) is 9.59 Å². The molecule has 4 nitrogen and oxygen atoms in total. The first kappa shape index (κ1) is 17.7. The van der Waals surface area contributed by atoms with E-state index in [4.69, 9.17) is 15.0 Å². The van der Waals surface area contributed by atoms with Gasteiger partial charge >= 0.3 is 5.97 Å². The molecular weight excluding hydrogens is 172 g/mol. The van der Waals surface area contributed by atoms with Crippen molar-refractivity contribution in [1.82, 2.24) is 0 Å². The summed E-state index contributed by atoms with van der Waals surface area (Å²) in [6, 6.07) is 0. The molecular formula is C9H18O4. The summed E-state index contributed by atoms with van der Waals surface area (Å²) in [7, 11) is 0. The highest BCUT2D eigenvalue weighted by Crippen LogP contribution is 1.76. The van der Waals surface area contributed by atoms with Crippen LogP contribution in [-0.4, -0.2) is 22.2 Å². The highest BCUT2D eigenvalue weighted by Gasteiger charge is 1.73. The molecule has 0 aromatic carbocycles. The summed E-state index contributed by atoms with van der Waals surface area (Å²) in [5, 5.41) is 15.0. The zero-order valence-electron chi connectivity index (χ0n) is 8.41. The molecule has 0 aliphatic rings. The second-order valence-corrected chi connectivity index (χ2v) is 2.06. The van der Waals surface area contributed by atoms with Crippen LogP contribution in [0.2, 0.25) is 0 Å². The minimum absolute atomic E-state index is 0.833. The first-order valence-electron chi connectivity index (χ1n) is 3.97. The van der Waals surface area contributed by atoms with E-state index in [1.165, 1.54) is 12.8 Å². The topological polar surface area (TPSA) is 74.6 Å². The first-order valence-corrected chi connectivity index (χ1v) is 3.97. The SMILES string of the molecule is C=CC(=O)O.CC(=O)O.CCCC. The number of hydrogen-bond donors (Lipinski definition) is 2. The highest BCUT2D eigenvalue weighted by molar-refractivity contribution is 5.78. The molecule has 0 aromatic rings. The van der Waals surface area contributed by atoms with Crippen LogP contribution < -0.4 is 0 Å². The van der Waals surface area contributed by atoms with Gasteiger partial charge in [0.05, 0.1) is 0 Å². The van der Waals surface area contributed by atoms with Crippen LogP contribution >= 0.6 is 0 Å². The van der Waals surface area contributed by atoms with Gasteiger partial charge in [0.15, 0.2) is 0 Å². The Morgan fingerprint density at radius 3 is 1.38 bits per heavy atom. The molecule has 0 rings (SSSR count). The van der Waals surface area contributed by atoms with Gasteiger partial charge in [-0.1, -0.05) is 33.3 Å². The van der Waals surface area contributed by atoms with E-state index in [1.807, 2.05) is 0 Å². The normalized spacial score (nSPS) is 6.69. The van der Waals surface area contributed by atoms with Gasteiger partial charge in [-0.2, -0.15) is 0 Å². The summed E-state index contributed by atoms with van der Waals surface area (Å²) in [6.45, 7) is 8.41. The molecule has 0 aliphatic heterocycles. The van der Waals surface area contributed by atoms with Gasteiger partial charge in [-0.05, 0) is 0 Å². The maximum atomic E-state index is 9.25. The molecule has 0 saturated carbocycles. The molecule has 0 spiro atoms. The van der Waals surface area contributed by atoms with E-state index in [0.717, 1.165) is 13.0 Å². The molecule has 0 aromatic heterocycles. The second-order valence-electron chi connectivity index (χ2n) is 2.06. The summed E-state index contributed by atoms with van der Waals surface area (Å²) >= 11 is 0. The quantitative estimate of drug-likeness (QED) is 0.654. The molecule has 0 atom stereocenters. The van der Waals surface area contributed by atoms with Crippen molar-refractivity contribution in [1.29, 1.82) is 0 Å². The van der Waals surface area contributed by atoms with Gasteiger partial charge in [0.1, 0.15) is 0 Å². The van der Waals surface area contributed by atoms with Crippen molar-refractivity contribution in [2.24, 2.45) is 0 Å². The minimum atomic E-state index is -0.981. The van der Waals surface area contributed by atoms with E-state index < -0.39 is 11.9 Å².